The fraction of sp³-hybridized carbons (Fsp3) is 0. The Bertz CT molecular complexity index is 498. The van der Waals surface area contributed by atoms with Crippen molar-refractivity contribution >= 4 is 15.9 Å². The number of rotatable bonds is 1. The monoisotopic (exact) mass is 248 g/mol. The lowest BCUT2D eigenvalue weighted by Crippen LogP contribution is -1.98. The van der Waals surface area contributed by atoms with Gasteiger partial charge in [0.15, 0.2) is 0 Å². The van der Waals surface area contributed by atoms with Gasteiger partial charge in [-0.2, -0.15) is 10.4 Å². The van der Waals surface area contributed by atoms with Gasteiger partial charge in [-0.1, -0.05) is 0 Å². The molecule has 0 radical (unpaired) electrons. The zero-order valence-corrected chi connectivity index (χ0v) is 8.64. The fourth-order valence-corrected chi connectivity index (χ4v) is 1.38. The van der Waals surface area contributed by atoms with Gasteiger partial charge >= 0.3 is 0 Å². The highest BCUT2D eigenvalue weighted by Crippen LogP contribution is 2.14. The molecule has 14 heavy (non-hydrogen) atoms. The average molecular weight is 249 g/mol. The van der Waals surface area contributed by atoms with E-state index in [2.05, 4.69) is 32.1 Å². The van der Waals surface area contributed by atoms with Crippen LogP contribution in [0.4, 0.5) is 0 Å². The molecule has 0 amide bonds. The molecular weight excluding hydrogens is 244 g/mol. The second kappa shape index (κ2) is 3.60. The minimum Gasteiger partial charge on any atom is -0.262 e. The van der Waals surface area contributed by atoms with Crippen molar-refractivity contribution in [3.8, 4) is 11.8 Å². The van der Waals surface area contributed by atoms with E-state index in [0.717, 1.165) is 4.47 Å². The topological polar surface area (TPSA) is 54.5 Å². The highest BCUT2D eigenvalue weighted by Gasteiger charge is 2.04. The summed E-state index contributed by atoms with van der Waals surface area (Å²) in [4.78, 5) is 3.95. The predicted octanol–water partition coefficient (Wildman–Crippen LogP) is 1.90. The molecule has 2 heterocycles. The maximum atomic E-state index is 8.86. The molecular formula is C9H5BrN4. The summed E-state index contributed by atoms with van der Waals surface area (Å²) in [5, 5.41) is 12.9. The third kappa shape index (κ3) is 1.52. The largest absolute Gasteiger partial charge is 0.262 e. The van der Waals surface area contributed by atoms with Gasteiger partial charge in [-0.25, -0.2) is 4.68 Å². The van der Waals surface area contributed by atoms with Gasteiger partial charge in [0, 0.05) is 12.4 Å². The molecule has 0 aliphatic rings. The molecule has 0 atom stereocenters. The molecule has 0 bridgehead atoms. The van der Waals surface area contributed by atoms with E-state index in [1.165, 1.54) is 0 Å². The SMILES string of the molecule is N#Cc1ccncc1-n1cc(Br)cn1. The standard InChI is InChI=1S/C9H5BrN4/c10-8-4-13-14(6-8)9-5-12-2-1-7(9)3-11/h1-2,4-6H. The molecule has 2 rings (SSSR count). The van der Waals surface area contributed by atoms with Gasteiger partial charge in [-0.05, 0) is 22.0 Å². The summed E-state index contributed by atoms with van der Waals surface area (Å²) in [6, 6.07) is 3.74. The fourth-order valence-electron chi connectivity index (χ4n) is 1.10. The van der Waals surface area contributed by atoms with Crippen molar-refractivity contribution in [2.24, 2.45) is 0 Å². The molecule has 0 spiro atoms. The Morgan fingerprint density at radius 1 is 1.43 bits per heavy atom. The van der Waals surface area contributed by atoms with Gasteiger partial charge in [-0.3, -0.25) is 4.98 Å². The van der Waals surface area contributed by atoms with E-state index in [1.54, 1.807) is 35.5 Å². The minimum atomic E-state index is 0.551. The van der Waals surface area contributed by atoms with Gasteiger partial charge in [0.2, 0.25) is 0 Å². The van der Waals surface area contributed by atoms with Crippen LogP contribution in [0, 0.1) is 11.3 Å². The van der Waals surface area contributed by atoms with Crippen LogP contribution in [0.3, 0.4) is 0 Å². The highest BCUT2D eigenvalue weighted by atomic mass is 79.9. The third-order valence-corrected chi connectivity index (χ3v) is 2.13. The maximum absolute atomic E-state index is 8.86. The molecule has 0 N–H and O–H groups in total. The molecule has 2 aromatic heterocycles. The lowest BCUT2D eigenvalue weighted by atomic mass is 10.2. The van der Waals surface area contributed by atoms with Crippen LogP contribution in [-0.4, -0.2) is 14.8 Å². The molecule has 0 aliphatic heterocycles. The lowest BCUT2D eigenvalue weighted by Gasteiger charge is -2.01. The van der Waals surface area contributed by atoms with E-state index in [9.17, 15) is 0 Å². The van der Waals surface area contributed by atoms with Crippen LogP contribution in [0.15, 0.2) is 35.3 Å². The first-order chi connectivity index (χ1) is 6.81. The van der Waals surface area contributed by atoms with Crippen LogP contribution < -0.4 is 0 Å². The normalized spacial score (nSPS) is 9.71. The Balaban J connectivity index is 2.57. The van der Waals surface area contributed by atoms with Crippen LogP contribution in [0.25, 0.3) is 5.69 Å². The molecule has 2 aromatic rings. The van der Waals surface area contributed by atoms with E-state index in [1.807, 2.05) is 0 Å². The number of nitriles is 1. The van der Waals surface area contributed by atoms with Gasteiger partial charge in [0.1, 0.15) is 11.8 Å². The summed E-state index contributed by atoms with van der Waals surface area (Å²) in [7, 11) is 0. The van der Waals surface area contributed by atoms with Crippen molar-refractivity contribution in [1.29, 1.82) is 5.26 Å². The Morgan fingerprint density at radius 2 is 2.29 bits per heavy atom. The van der Waals surface area contributed by atoms with Crippen molar-refractivity contribution in [3.63, 3.8) is 0 Å². The zero-order valence-electron chi connectivity index (χ0n) is 7.05. The van der Waals surface area contributed by atoms with Crippen molar-refractivity contribution in [1.82, 2.24) is 14.8 Å². The summed E-state index contributed by atoms with van der Waals surface area (Å²) < 4.78 is 2.47. The Labute approximate surface area is 88.9 Å². The van der Waals surface area contributed by atoms with Crippen molar-refractivity contribution in [2.75, 3.05) is 0 Å². The number of pyridine rings is 1. The maximum Gasteiger partial charge on any atom is 0.102 e. The van der Waals surface area contributed by atoms with Crippen molar-refractivity contribution in [3.05, 3.63) is 40.9 Å². The van der Waals surface area contributed by atoms with E-state index >= 15 is 0 Å². The molecule has 0 unspecified atom stereocenters. The summed E-state index contributed by atoms with van der Waals surface area (Å²) in [6.45, 7) is 0. The first-order valence-corrected chi connectivity index (χ1v) is 4.65. The summed E-state index contributed by atoms with van der Waals surface area (Å²) in [5.74, 6) is 0. The van der Waals surface area contributed by atoms with Crippen LogP contribution in [-0.2, 0) is 0 Å². The van der Waals surface area contributed by atoms with Crippen molar-refractivity contribution in [2.45, 2.75) is 0 Å². The Kier molecular flexibility index (Phi) is 2.29. The molecule has 0 aliphatic carbocycles. The smallest absolute Gasteiger partial charge is 0.102 e. The molecule has 0 fully saturated rings. The Morgan fingerprint density at radius 3 is 2.93 bits per heavy atom. The molecule has 0 saturated heterocycles. The zero-order chi connectivity index (χ0) is 9.97. The third-order valence-electron chi connectivity index (χ3n) is 1.72. The minimum absolute atomic E-state index is 0.551. The van der Waals surface area contributed by atoms with Gasteiger partial charge in [-0.15, -0.1) is 0 Å². The second-order valence-electron chi connectivity index (χ2n) is 2.61. The first-order valence-electron chi connectivity index (χ1n) is 3.86. The quantitative estimate of drug-likeness (QED) is 0.775. The Hall–Kier alpha value is -1.67. The van der Waals surface area contributed by atoms with E-state index < -0.39 is 0 Å². The molecule has 4 nitrogen and oxygen atoms in total. The molecule has 68 valence electrons. The summed E-state index contributed by atoms with van der Waals surface area (Å²) >= 11 is 3.29. The molecule has 5 heteroatoms. The molecule has 0 saturated carbocycles. The number of hydrogen-bond acceptors (Lipinski definition) is 3. The van der Waals surface area contributed by atoms with E-state index in [0.29, 0.717) is 11.3 Å². The second-order valence-corrected chi connectivity index (χ2v) is 3.52. The van der Waals surface area contributed by atoms with Gasteiger partial charge < -0.3 is 0 Å². The van der Waals surface area contributed by atoms with Gasteiger partial charge in [0.05, 0.1) is 22.4 Å². The van der Waals surface area contributed by atoms with Gasteiger partial charge in [0.25, 0.3) is 0 Å². The first kappa shape index (κ1) is 8.91. The number of halogens is 1. The van der Waals surface area contributed by atoms with Crippen LogP contribution in [0.1, 0.15) is 5.56 Å². The van der Waals surface area contributed by atoms with Crippen LogP contribution >= 0.6 is 15.9 Å². The van der Waals surface area contributed by atoms with Crippen molar-refractivity contribution < 1.29 is 0 Å². The summed E-state index contributed by atoms with van der Waals surface area (Å²) in [5.41, 5.74) is 1.23. The number of aromatic nitrogens is 3. The predicted molar refractivity (Wildman–Crippen MR) is 53.8 cm³/mol. The van der Waals surface area contributed by atoms with E-state index in [4.69, 9.17) is 5.26 Å². The number of nitrogens with zero attached hydrogens (tertiary/aromatic N) is 4. The summed E-state index contributed by atoms with van der Waals surface area (Å²) in [6.07, 6.45) is 6.63. The van der Waals surface area contributed by atoms with Crippen LogP contribution in [0.5, 0.6) is 0 Å². The van der Waals surface area contributed by atoms with Crippen LogP contribution in [0.2, 0.25) is 0 Å². The van der Waals surface area contributed by atoms with E-state index in [-0.39, 0.29) is 0 Å². The number of hydrogen-bond donors (Lipinski definition) is 0. The molecule has 0 aromatic carbocycles. The highest BCUT2D eigenvalue weighted by molar-refractivity contribution is 9.10. The lowest BCUT2D eigenvalue weighted by molar-refractivity contribution is 0.870. The average Bonchev–Trinajstić information content (AvgIpc) is 2.65.